The molecule has 0 unspecified atom stereocenters. The Morgan fingerprint density at radius 3 is 1.11 bits per heavy atom. The summed E-state index contributed by atoms with van der Waals surface area (Å²) in [6.07, 6.45) is 6.14. The van der Waals surface area contributed by atoms with E-state index in [1.54, 1.807) is 0 Å². The molecule has 3 aliphatic carbocycles. The Hall–Kier alpha value is -12.3. The molecule has 0 radical (unpaired) electrons. The summed E-state index contributed by atoms with van der Waals surface area (Å²) in [5, 5.41) is 7.08. The van der Waals surface area contributed by atoms with E-state index in [0.717, 1.165) is 79.2 Å². The van der Waals surface area contributed by atoms with E-state index in [9.17, 15) is 0 Å². The molecule has 0 fully saturated rings. The molecule has 6 nitrogen and oxygen atoms in total. The molecule has 0 aliphatic heterocycles. The second-order valence-electron chi connectivity index (χ2n) is 28.2. The summed E-state index contributed by atoms with van der Waals surface area (Å²) in [6, 6.07) is 108. The standard InChI is InChI=1S/C93H66N6/c1-92(2)79-27-15-11-23-69(79)71-45-43-67(55-81(71)92)97-83-29-17-13-25-73(83)75-51-63(39-47-85(75)97)65-41-49-87-77(53-65)78-54-66(64-40-48-86-76(52-64)74-26-14-18-30-84(74)98(86)68-44-46-72-70-24-12-16-28-80(70)93(3,4)82(72)56-68)42-50-88(78)99(87)91-95-89(61-35-31-59(32-36-61)57-19-7-5-8-20-57)94-90(96-91)62-37-33-60(34-38-62)58-21-9-6-10-22-58/h5-33,35-37,39-56H,34,38H2,1-4H3. The van der Waals surface area contributed by atoms with Crippen molar-refractivity contribution in [2.75, 3.05) is 0 Å². The molecule has 99 heavy (non-hydrogen) atoms. The van der Waals surface area contributed by atoms with E-state index in [-0.39, 0.29) is 10.8 Å². The maximum Gasteiger partial charge on any atom is 0.238 e. The maximum absolute atomic E-state index is 5.54. The minimum absolute atomic E-state index is 0.123. The highest BCUT2D eigenvalue weighted by Gasteiger charge is 2.37. The van der Waals surface area contributed by atoms with Crippen LogP contribution in [0.3, 0.4) is 0 Å². The lowest BCUT2D eigenvalue weighted by atomic mass is 9.82. The minimum Gasteiger partial charge on any atom is -0.309 e. The van der Waals surface area contributed by atoms with Crippen molar-refractivity contribution < 1.29 is 0 Å². The first-order chi connectivity index (χ1) is 48.6. The van der Waals surface area contributed by atoms with Crippen LogP contribution in [0.5, 0.6) is 0 Å². The predicted octanol–water partition coefficient (Wildman–Crippen LogP) is 23.7. The SMILES string of the molecule is CC1(C)c2ccccc2-c2ccc(-n3c4ccccc4c4cc(-c5ccc6c(c5)c5cc(-c7ccc8c(c7)c7ccccc7n8-c7ccc8c(c7)C(C)(C)c7ccccc7-8)ccc5n6-c5nc(C6=CC=C(c7ccccc7)CC6)nc(-c6ccc(-c7ccccc7)cc6)n5)ccc43)cc21. The van der Waals surface area contributed by atoms with Crippen LogP contribution in [0.15, 0.2) is 303 Å². The number of benzene rings is 13. The van der Waals surface area contributed by atoms with Crippen molar-refractivity contribution in [3.8, 4) is 84.3 Å². The van der Waals surface area contributed by atoms with Gasteiger partial charge in [-0.1, -0.05) is 246 Å². The van der Waals surface area contributed by atoms with E-state index >= 15 is 0 Å². The molecule has 0 amide bonds. The van der Waals surface area contributed by atoms with E-state index in [0.29, 0.717) is 17.6 Å². The largest absolute Gasteiger partial charge is 0.309 e. The maximum atomic E-state index is 5.54. The summed E-state index contributed by atoms with van der Waals surface area (Å²) >= 11 is 0. The molecule has 3 aliphatic rings. The molecule has 4 aromatic heterocycles. The van der Waals surface area contributed by atoms with Crippen LogP contribution in [0, 0.1) is 0 Å². The van der Waals surface area contributed by atoms with Gasteiger partial charge in [-0.3, -0.25) is 4.57 Å². The highest BCUT2D eigenvalue weighted by atomic mass is 15.2. The molecule has 0 atom stereocenters. The first-order valence-corrected chi connectivity index (χ1v) is 34.6. The predicted molar refractivity (Wildman–Crippen MR) is 411 cm³/mol. The van der Waals surface area contributed by atoms with Crippen LogP contribution in [-0.4, -0.2) is 28.7 Å². The average Bonchev–Trinajstić information content (AvgIpc) is 1.58. The molecule has 4 heterocycles. The van der Waals surface area contributed by atoms with Crippen LogP contribution >= 0.6 is 0 Å². The Labute approximate surface area is 574 Å². The fraction of sp³-hybridized carbons (Fsp3) is 0.0860. The van der Waals surface area contributed by atoms with Gasteiger partial charge >= 0.3 is 0 Å². The molecular weight excluding hydrogens is 1200 g/mol. The number of allylic oxidation sites excluding steroid dienone is 4. The molecule has 0 saturated carbocycles. The van der Waals surface area contributed by atoms with Gasteiger partial charge < -0.3 is 9.13 Å². The van der Waals surface area contributed by atoms with Crippen molar-refractivity contribution in [2.45, 2.75) is 51.4 Å². The van der Waals surface area contributed by atoms with E-state index in [1.165, 1.54) is 111 Å². The Bertz CT molecular complexity index is 6050. The van der Waals surface area contributed by atoms with E-state index in [4.69, 9.17) is 15.0 Å². The number of rotatable bonds is 9. The van der Waals surface area contributed by atoms with Crippen LogP contribution < -0.4 is 0 Å². The fourth-order valence-corrected chi connectivity index (χ4v) is 17.0. The lowest BCUT2D eigenvalue weighted by Crippen LogP contribution is -2.15. The van der Waals surface area contributed by atoms with Gasteiger partial charge in [0.1, 0.15) is 0 Å². The Morgan fingerprint density at radius 2 is 0.616 bits per heavy atom. The van der Waals surface area contributed by atoms with Gasteiger partial charge in [0.15, 0.2) is 11.6 Å². The van der Waals surface area contributed by atoms with E-state index in [1.807, 2.05) is 0 Å². The summed E-state index contributed by atoms with van der Waals surface area (Å²) in [5.41, 5.74) is 31.0. The number of hydrogen-bond donors (Lipinski definition) is 0. The van der Waals surface area contributed by atoms with E-state index in [2.05, 4.69) is 345 Å². The van der Waals surface area contributed by atoms with Crippen LogP contribution in [0.1, 0.15) is 74.2 Å². The third kappa shape index (κ3) is 8.78. The highest BCUT2D eigenvalue weighted by Crippen LogP contribution is 2.52. The number of para-hydroxylation sites is 2. The lowest BCUT2D eigenvalue weighted by Gasteiger charge is -2.22. The summed E-state index contributed by atoms with van der Waals surface area (Å²) < 4.78 is 7.20. The number of hydrogen-bond acceptors (Lipinski definition) is 3. The summed E-state index contributed by atoms with van der Waals surface area (Å²) in [7, 11) is 0. The molecular formula is C93H66N6. The average molecular weight is 1270 g/mol. The van der Waals surface area contributed by atoms with Gasteiger partial charge in [-0.25, -0.2) is 4.98 Å². The third-order valence-corrected chi connectivity index (χ3v) is 22.1. The number of aromatic nitrogens is 6. The Balaban J connectivity index is 0.764. The molecule has 17 aromatic rings. The zero-order chi connectivity index (χ0) is 65.8. The molecule has 0 spiro atoms. The molecule has 13 aromatic carbocycles. The van der Waals surface area contributed by atoms with Crippen LogP contribution in [0.4, 0.5) is 0 Å². The topological polar surface area (TPSA) is 53.5 Å². The van der Waals surface area contributed by atoms with Crippen molar-refractivity contribution in [2.24, 2.45) is 0 Å². The first-order valence-electron chi connectivity index (χ1n) is 34.6. The summed E-state index contributed by atoms with van der Waals surface area (Å²) in [5.74, 6) is 1.87. The van der Waals surface area contributed by atoms with Crippen LogP contribution in [-0.2, 0) is 10.8 Å². The second kappa shape index (κ2) is 21.6. The van der Waals surface area contributed by atoms with Gasteiger partial charge in [-0.2, -0.15) is 9.97 Å². The third-order valence-electron chi connectivity index (χ3n) is 22.1. The van der Waals surface area contributed by atoms with Crippen molar-refractivity contribution in [1.82, 2.24) is 28.7 Å². The van der Waals surface area contributed by atoms with E-state index < -0.39 is 0 Å². The van der Waals surface area contributed by atoms with Crippen molar-refractivity contribution in [3.63, 3.8) is 0 Å². The van der Waals surface area contributed by atoms with Crippen molar-refractivity contribution in [3.05, 3.63) is 337 Å². The first kappa shape index (κ1) is 57.0. The van der Waals surface area contributed by atoms with Crippen molar-refractivity contribution >= 4 is 76.6 Å². The zero-order valence-electron chi connectivity index (χ0n) is 55.5. The van der Waals surface area contributed by atoms with Gasteiger partial charge in [-0.05, 0) is 192 Å². The number of fused-ring (bicyclic) bond motifs is 15. The number of nitrogens with zero attached hydrogens (tertiary/aromatic N) is 6. The summed E-state index contributed by atoms with van der Waals surface area (Å²) in [4.78, 5) is 16.4. The Kier molecular flexibility index (Phi) is 12.5. The smallest absolute Gasteiger partial charge is 0.238 e. The van der Waals surface area contributed by atoms with Crippen LogP contribution in [0.25, 0.3) is 161 Å². The molecule has 6 heteroatoms. The van der Waals surface area contributed by atoms with Crippen LogP contribution in [0.2, 0.25) is 0 Å². The molecule has 0 bridgehead atoms. The van der Waals surface area contributed by atoms with Gasteiger partial charge in [0, 0.05) is 60.1 Å². The minimum atomic E-state index is -0.123. The fourth-order valence-electron chi connectivity index (χ4n) is 17.0. The van der Waals surface area contributed by atoms with Crippen molar-refractivity contribution in [1.29, 1.82) is 0 Å². The summed E-state index contributed by atoms with van der Waals surface area (Å²) in [6.45, 7) is 9.46. The lowest BCUT2D eigenvalue weighted by molar-refractivity contribution is 0.660. The quantitative estimate of drug-likeness (QED) is 0.145. The molecule has 468 valence electrons. The van der Waals surface area contributed by atoms with Gasteiger partial charge in [0.05, 0.1) is 33.1 Å². The highest BCUT2D eigenvalue weighted by molar-refractivity contribution is 6.15. The van der Waals surface area contributed by atoms with Gasteiger partial charge in [0.25, 0.3) is 0 Å². The van der Waals surface area contributed by atoms with Gasteiger partial charge in [0.2, 0.25) is 5.95 Å². The molecule has 0 saturated heterocycles. The zero-order valence-corrected chi connectivity index (χ0v) is 55.5. The monoisotopic (exact) mass is 1270 g/mol. The Morgan fingerprint density at radius 1 is 0.253 bits per heavy atom. The molecule has 0 N–H and O–H groups in total. The van der Waals surface area contributed by atoms with Gasteiger partial charge in [-0.15, -0.1) is 0 Å². The second-order valence-corrected chi connectivity index (χ2v) is 28.2. The normalized spacial score (nSPS) is 14.3. The molecule has 20 rings (SSSR count).